The first kappa shape index (κ1) is 24.9. The number of carbonyl (C=O) groups is 2. The van der Waals surface area contributed by atoms with Crippen LogP contribution in [0.5, 0.6) is 0 Å². The van der Waals surface area contributed by atoms with Gasteiger partial charge in [0.15, 0.2) is 5.78 Å². The Bertz CT molecular complexity index is 807. The third kappa shape index (κ3) is 4.58. The molecule has 3 fully saturated rings. The highest BCUT2D eigenvalue weighted by Crippen LogP contribution is 2.67. The van der Waals surface area contributed by atoms with Gasteiger partial charge in [-0.3, -0.25) is 9.59 Å². The van der Waals surface area contributed by atoms with Crippen molar-refractivity contribution in [2.45, 2.75) is 117 Å². The normalized spacial score (nSPS) is 41.5. The molecule has 4 aliphatic carbocycles. The molecule has 186 valence electrons. The van der Waals surface area contributed by atoms with Crippen LogP contribution in [-0.2, 0) is 14.3 Å². The van der Waals surface area contributed by atoms with Crippen LogP contribution in [0.3, 0.4) is 0 Å². The number of aliphatic hydroxyl groups is 1. The SMILES string of the molecule is CC(=O)O[C@H]1C=C2C(=O)C[C@H]3[C@@H]4CC[C@H]([C@H](C)CCCC(C)(C)O)[C@@]4(C)CC[C@@H]3[C@@]2(C)CC1. The van der Waals surface area contributed by atoms with Crippen molar-refractivity contribution in [3.63, 3.8) is 0 Å². The molecule has 0 unspecified atom stereocenters. The predicted octanol–water partition coefficient (Wildman–Crippen LogP) is 6.25. The van der Waals surface area contributed by atoms with Crippen LogP contribution in [0, 0.1) is 40.4 Å². The summed E-state index contributed by atoms with van der Waals surface area (Å²) >= 11 is 0. The summed E-state index contributed by atoms with van der Waals surface area (Å²) in [7, 11) is 0. The molecule has 0 amide bonds. The van der Waals surface area contributed by atoms with E-state index in [1.165, 1.54) is 39.0 Å². The maximum atomic E-state index is 13.4. The maximum absolute atomic E-state index is 13.4. The van der Waals surface area contributed by atoms with E-state index in [1.807, 2.05) is 19.9 Å². The van der Waals surface area contributed by atoms with Gasteiger partial charge >= 0.3 is 5.97 Å². The Hall–Kier alpha value is -1.16. The lowest BCUT2D eigenvalue weighted by Crippen LogP contribution is -2.53. The molecule has 3 saturated carbocycles. The Labute approximate surface area is 200 Å². The zero-order valence-electron chi connectivity index (χ0n) is 21.8. The highest BCUT2D eigenvalue weighted by atomic mass is 16.5. The van der Waals surface area contributed by atoms with Crippen LogP contribution in [0.2, 0.25) is 0 Å². The zero-order chi connectivity index (χ0) is 24.2. The highest BCUT2D eigenvalue weighted by Gasteiger charge is 2.61. The molecular weight excluding hydrogens is 412 g/mol. The van der Waals surface area contributed by atoms with E-state index in [1.54, 1.807) is 0 Å². The molecule has 4 heteroatoms. The highest BCUT2D eigenvalue weighted by molar-refractivity contribution is 5.98. The van der Waals surface area contributed by atoms with E-state index < -0.39 is 5.60 Å². The summed E-state index contributed by atoms with van der Waals surface area (Å²) in [6, 6.07) is 0. The predicted molar refractivity (Wildman–Crippen MR) is 130 cm³/mol. The number of ether oxygens (including phenoxy) is 1. The van der Waals surface area contributed by atoms with Crippen molar-refractivity contribution >= 4 is 11.8 Å². The van der Waals surface area contributed by atoms with Gasteiger partial charge < -0.3 is 9.84 Å². The molecule has 0 bridgehead atoms. The Morgan fingerprint density at radius 2 is 1.91 bits per heavy atom. The summed E-state index contributed by atoms with van der Waals surface area (Å²) in [4.78, 5) is 24.9. The van der Waals surface area contributed by atoms with E-state index in [9.17, 15) is 14.7 Å². The number of Topliss-reactive ketones (excluding diaryl/α,β-unsaturated/α-hetero) is 1. The third-order valence-corrected chi connectivity index (χ3v) is 10.4. The molecule has 33 heavy (non-hydrogen) atoms. The quantitative estimate of drug-likeness (QED) is 0.478. The fraction of sp³-hybridized carbons (Fsp3) is 0.862. The molecule has 0 aliphatic heterocycles. The number of carbonyl (C=O) groups excluding carboxylic acids is 2. The van der Waals surface area contributed by atoms with Crippen LogP contribution in [0.25, 0.3) is 0 Å². The van der Waals surface area contributed by atoms with Crippen molar-refractivity contribution in [3.05, 3.63) is 11.6 Å². The van der Waals surface area contributed by atoms with Crippen molar-refractivity contribution in [2.75, 3.05) is 0 Å². The van der Waals surface area contributed by atoms with Crippen LogP contribution < -0.4 is 0 Å². The van der Waals surface area contributed by atoms with Crippen LogP contribution in [0.1, 0.15) is 106 Å². The summed E-state index contributed by atoms with van der Waals surface area (Å²) in [6.45, 7) is 12.6. The number of rotatable bonds is 6. The third-order valence-electron chi connectivity index (χ3n) is 10.4. The van der Waals surface area contributed by atoms with Crippen LogP contribution in [0.4, 0.5) is 0 Å². The Morgan fingerprint density at radius 1 is 1.18 bits per heavy atom. The smallest absolute Gasteiger partial charge is 0.303 e. The molecule has 4 nitrogen and oxygen atoms in total. The van der Waals surface area contributed by atoms with Gasteiger partial charge in [0.25, 0.3) is 0 Å². The Balaban J connectivity index is 1.50. The molecule has 0 radical (unpaired) electrons. The molecule has 0 saturated heterocycles. The van der Waals surface area contributed by atoms with Gasteiger partial charge in [-0.2, -0.15) is 0 Å². The zero-order valence-corrected chi connectivity index (χ0v) is 21.8. The van der Waals surface area contributed by atoms with Gasteiger partial charge in [-0.1, -0.05) is 33.6 Å². The van der Waals surface area contributed by atoms with Gasteiger partial charge in [-0.15, -0.1) is 0 Å². The average molecular weight is 459 g/mol. The van der Waals surface area contributed by atoms with Gasteiger partial charge in [-0.05, 0) is 105 Å². The summed E-state index contributed by atoms with van der Waals surface area (Å²) in [5.41, 5.74) is 0.660. The largest absolute Gasteiger partial charge is 0.458 e. The molecule has 0 aromatic carbocycles. The summed E-state index contributed by atoms with van der Waals surface area (Å²) in [5.74, 6) is 3.16. The number of hydrogen-bond donors (Lipinski definition) is 1. The van der Waals surface area contributed by atoms with Crippen LogP contribution >= 0.6 is 0 Å². The molecule has 0 aromatic rings. The molecule has 4 rings (SSSR count). The minimum atomic E-state index is -0.572. The summed E-state index contributed by atoms with van der Waals surface area (Å²) in [5, 5.41) is 10.1. The second-order valence-electron chi connectivity index (χ2n) is 13.1. The first-order valence-corrected chi connectivity index (χ1v) is 13.5. The average Bonchev–Trinajstić information content (AvgIpc) is 3.05. The second-order valence-corrected chi connectivity index (χ2v) is 13.1. The van der Waals surface area contributed by atoms with E-state index in [-0.39, 0.29) is 17.5 Å². The van der Waals surface area contributed by atoms with Crippen molar-refractivity contribution < 1.29 is 19.4 Å². The van der Waals surface area contributed by atoms with E-state index in [0.29, 0.717) is 41.3 Å². The van der Waals surface area contributed by atoms with E-state index in [2.05, 4.69) is 20.8 Å². The summed E-state index contributed by atoms with van der Waals surface area (Å²) < 4.78 is 5.47. The lowest BCUT2D eigenvalue weighted by molar-refractivity contribution is -0.146. The number of fused-ring (bicyclic) bond motifs is 5. The molecule has 0 aromatic heterocycles. The minimum absolute atomic E-state index is 0.0611. The Morgan fingerprint density at radius 3 is 2.58 bits per heavy atom. The lowest BCUT2D eigenvalue weighted by atomic mass is 9.46. The monoisotopic (exact) mass is 458 g/mol. The number of esters is 1. The molecule has 8 atom stereocenters. The fourth-order valence-corrected chi connectivity index (χ4v) is 8.86. The van der Waals surface area contributed by atoms with Crippen LogP contribution in [0.15, 0.2) is 11.6 Å². The van der Waals surface area contributed by atoms with E-state index >= 15 is 0 Å². The van der Waals surface area contributed by atoms with Crippen molar-refractivity contribution in [3.8, 4) is 0 Å². The topological polar surface area (TPSA) is 63.6 Å². The molecule has 4 aliphatic rings. The van der Waals surface area contributed by atoms with Crippen molar-refractivity contribution in [1.82, 2.24) is 0 Å². The lowest BCUT2D eigenvalue weighted by Gasteiger charge is -2.58. The standard InChI is InChI=1S/C29H46O4/c1-18(8-7-13-27(3,4)32)22-9-10-23-21-17-26(31)25-16-20(33-19(2)30)11-14-29(25,6)24(21)12-15-28(22,23)5/h16,18,20-24,32H,7-15,17H2,1-6H3/t18-,20-,21+,22-,23+,24+,28-,29-/m1/s1. The first-order valence-electron chi connectivity index (χ1n) is 13.5. The van der Waals surface area contributed by atoms with Gasteiger partial charge in [0.1, 0.15) is 6.10 Å². The molecule has 0 spiro atoms. The second kappa shape index (κ2) is 8.81. The maximum Gasteiger partial charge on any atom is 0.303 e. The van der Waals surface area contributed by atoms with Gasteiger partial charge in [0.2, 0.25) is 0 Å². The number of hydrogen-bond acceptors (Lipinski definition) is 4. The molecular formula is C29H46O4. The number of ketones is 1. The van der Waals surface area contributed by atoms with E-state index in [4.69, 9.17) is 4.74 Å². The summed E-state index contributed by atoms with van der Waals surface area (Å²) in [6.07, 6.45) is 12.4. The minimum Gasteiger partial charge on any atom is -0.458 e. The Kier molecular flexibility index (Phi) is 6.66. The number of allylic oxidation sites excluding steroid dienone is 1. The fourth-order valence-electron chi connectivity index (χ4n) is 8.86. The van der Waals surface area contributed by atoms with Gasteiger partial charge in [-0.25, -0.2) is 0 Å². The first-order chi connectivity index (χ1) is 15.3. The van der Waals surface area contributed by atoms with Crippen molar-refractivity contribution in [2.24, 2.45) is 40.4 Å². The molecule has 0 heterocycles. The molecule has 1 N–H and O–H groups in total. The van der Waals surface area contributed by atoms with Gasteiger partial charge in [0.05, 0.1) is 5.60 Å². The van der Waals surface area contributed by atoms with Crippen molar-refractivity contribution in [1.29, 1.82) is 0 Å². The van der Waals surface area contributed by atoms with Gasteiger partial charge in [0, 0.05) is 18.9 Å². The van der Waals surface area contributed by atoms with Crippen LogP contribution in [-0.4, -0.2) is 28.6 Å². The van der Waals surface area contributed by atoms with E-state index in [0.717, 1.165) is 37.2 Å².